The topological polar surface area (TPSA) is 20.3 Å². The lowest BCUT2D eigenvalue weighted by Crippen LogP contribution is -2.39. The first-order valence-corrected chi connectivity index (χ1v) is 5.74. The van der Waals surface area contributed by atoms with Crippen LogP contribution in [0.3, 0.4) is 0 Å². The van der Waals surface area contributed by atoms with Gasteiger partial charge < -0.3 is 4.90 Å². The van der Waals surface area contributed by atoms with Gasteiger partial charge in [0, 0.05) is 18.5 Å². The summed E-state index contributed by atoms with van der Waals surface area (Å²) >= 11 is 0. The summed E-state index contributed by atoms with van der Waals surface area (Å²) in [6.07, 6.45) is 1.16. The molecular weight excluding hydrogens is 174 g/mol. The molecule has 0 aromatic rings. The Balaban J connectivity index is 2.61. The smallest absolute Gasteiger partial charge is 0.225 e. The summed E-state index contributed by atoms with van der Waals surface area (Å²) in [5, 5.41) is 0. The molecule has 1 saturated heterocycles. The van der Waals surface area contributed by atoms with E-state index >= 15 is 0 Å². The molecule has 82 valence electrons. The number of amides is 1. The Morgan fingerprint density at radius 3 is 2.21 bits per heavy atom. The summed E-state index contributed by atoms with van der Waals surface area (Å²) in [5.41, 5.74) is 0. The molecule has 0 spiro atoms. The zero-order valence-electron chi connectivity index (χ0n) is 10.1. The van der Waals surface area contributed by atoms with Crippen molar-refractivity contribution in [1.82, 2.24) is 4.90 Å². The number of hydrogen-bond acceptors (Lipinski definition) is 1. The summed E-state index contributed by atoms with van der Waals surface area (Å²) in [4.78, 5) is 14.1. The van der Waals surface area contributed by atoms with Gasteiger partial charge in [0.05, 0.1) is 0 Å². The van der Waals surface area contributed by atoms with Gasteiger partial charge >= 0.3 is 0 Å². The molecule has 1 aliphatic heterocycles. The van der Waals surface area contributed by atoms with Crippen molar-refractivity contribution in [1.29, 1.82) is 0 Å². The molecule has 2 heteroatoms. The van der Waals surface area contributed by atoms with Gasteiger partial charge in [-0.3, -0.25) is 4.79 Å². The van der Waals surface area contributed by atoms with Crippen molar-refractivity contribution >= 4 is 5.91 Å². The molecular formula is C12H23NO. The predicted molar refractivity (Wildman–Crippen MR) is 59.0 cm³/mol. The predicted octanol–water partition coefficient (Wildman–Crippen LogP) is 2.54. The summed E-state index contributed by atoms with van der Waals surface area (Å²) in [6, 6.07) is 0.443. The molecule has 1 aliphatic rings. The van der Waals surface area contributed by atoms with E-state index in [0.717, 1.165) is 13.0 Å². The summed E-state index contributed by atoms with van der Waals surface area (Å²) < 4.78 is 0. The Kier molecular flexibility index (Phi) is 3.57. The fraction of sp³-hybridized carbons (Fsp3) is 0.917. The van der Waals surface area contributed by atoms with Crippen LogP contribution in [-0.4, -0.2) is 23.4 Å². The van der Waals surface area contributed by atoms with E-state index in [0.29, 0.717) is 23.8 Å². The average Bonchev–Trinajstić information content (AvgIpc) is 2.42. The van der Waals surface area contributed by atoms with E-state index in [2.05, 4.69) is 32.6 Å². The van der Waals surface area contributed by atoms with Crippen LogP contribution >= 0.6 is 0 Å². The molecule has 0 aromatic heterocycles. The van der Waals surface area contributed by atoms with E-state index < -0.39 is 0 Å². The molecule has 1 fully saturated rings. The van der Waals surface area contributed by atoms with Crippen LogP contribution in [0.25, 0.3) is 0 Å². The molecule has 0 aliphatic carbocycles. The molecule has 0 radical (unpaired) electrons. The fourth-order valence-electron chi connectivity index (χ4n) is 2.15. The second kappa shape index (κ2) is 4.33. The van der Waals surface area contributed by atoms with Crippen LogP contribution in [-0.2, 0) is 4.79 Å². The lowest BCUT2D eigenvalue weighted by Gasteiger charge is -2.26. The summed E-state index contributed by atoms with van der Waals surface area (Å²) in [6.45, 7) is 11.6. The van der Waals surface area contributed by atoms with Crippen LogP contribution in [0.4, 0.5) is 0 Å². The maximum atomic E-state index is 12.1. The highest BCUT2D eigenvalue weighted by Gasteiger charge is 2.32. The van der Waals surface area contributed by atoms with Gasteiger partial charge in [-0.05, 0) is 25.2 Å². The Labute approximate surface area is 87.7 Å². The zero-order valence-corrected chi connectivity index (χ0v) is 10.1. The highest BCUT2D eigenvalue weighted by Crippen LogP contribution is 2.25. The molecule has 2 unspecified atom stereocenters. The van der Waals surface area contributed by atoms with E-state index in [1.54, 1.807) is 0 Å². The first kappa shape index (κ1) is 11.5. The Morgan fingerprint density at radius 1 is 1.29 bits per heavy atom. The molecule has 1 amide bonds. The van der Waals surface area contributed by atoms with Crippen LogP contribution < -0.4 is 0 Å². The number of carbonyl (C=O) groups excluding carboxylic acids is 1. The van der Waals surface area contributed by atoms with Crippen molar-refractivity contribution in [3.05, 3.63) is 0 Å². The second-order valence-electron chi connectivity index (χ2n) is 5.21. The first-order chi connectivity index (χ1) is 6.43. The third-order valence-electron chi connectivity index (χ3n) is 3.46. The van der Waals surface area contributed by atoms with Gasteiger partial charge in [-0.1, -0.05) is 27.7 Å². The number of nitrogens with zero attached hydrogens (tertiary/aromatic N) is 1. The van der Waals surface area contributed by atoms with E-state index in [-0.39, 0.29) is 5.92 Å². The number of carbonyl (C=O) groups is 1. The van der Waals surface area contributed by atoms with E-state index in [1.807, 2.05) is 6.92 Å². The number of rotatable bonds is 2. The van der Waals surface area contributed by atoms with Crippen LogP contribution in [0.5, 0.6) is 0 Å². The van der Waals surface area contributed by atoms with Crippen molar-refractivity contribution in [2.45, 2.75) is 47.1 Å². The Morgan fingerprint density at radius 2 is 1.86 bits per heavy atom. The van der Waals surface area contributed by atoms with Gasteiger partial charge in [0.1, 0.15) is 0 Å². The standard InChI is InChI=1S/C12H23NO/c1-8(2)11(5)12(14)13-7-9(3)6-10(13)4/h8-11H,6-7H2,1-5H3/t9?,10-,11?/m1/s1. The molecule has 14 heavy (non-hydrogen) atoms. The second-order valence-corrected chi connectivity index (χ2v) is 5.21. The monoisotopic (exact) mass is 197 g/mol. The van der Waals surface area contributed by atoms with Gasteiger partial charge in [-0.2, -0.15) is 0 Å². The molecule has 3 atom stereocenters. The van der Waals surface area contributed by atoms with Gasteiger partial charge in [-0.15, -0.1) is 0 Å². The lowest BCUT2D eigenvalue weighted by molar-refractivity contribution is -0.136. The van der Waals surface area contributed by atoms with Crippen LogP contribution in [0, 0.1) is 17.8 Å². The van der Waals surface area contributed by atoms with Crippen LogP contribution in [0.1, 0.15) is 41.0 Å². The van der Waals surface area contributed by atoms with Crippen molar-refractivity contribution < 1.29 is 4.79 Å². The number of likely N-dealkylation sites (tertiary alicyclic amines) is 1. The molecule has 0 bridgehead atoms. The minimum absolute atomic E-state index is 0.169. The average molecular weight is 197 g/mol. The van der Waals surface area contributed by atoms with Gasteiger partial charge in [0.25, 0.3) is 0 Å². The zero-order chi connectivity index (χ0) is 10.9. The first-order valence-electron chi connectivity index (χ1n) is 5.74. The molecule has 2 nitrogen and oxygen atoms in total. The summed E-state index contributed by atoms with van der Waals surface area (Å²) in [5.74, 6) is 1.64. The molecule has 1 heterocycles. The van der Waals surface area contributed by atoms with Crippen LogP contribution in [0.15, 0.2) is 0 Å². The van der Waals surface area contributed by atoms with Gasteiger partial charge in [0.2, 0.25) is 5.91 Å². The van der Waals surface area contributed by atoms with Crippen molar-refractivity contribution in [2.24, 2.45) is 17.8 Å². The van der Waals surface area contributed by atoms with Crippen molar-refractivity contribution in [3.63, 3.8) is 0 Å². The van der Waals surface area contributed by atoms with Crippen LogP contribution in [0.2, 0.25) is 0 Å². The minimum Gasteiger partial charge on any atom is -0.339 e. The van der Waals surface area contributed by atoms with Gasteiger partial charge in [0.15, 0.2) is 0 Å². The van der Waals surface area contributed by atoms with E-state index in [1.165, 1.54) is 0 Å². The fourth-order valence-corrected chi connectivity index (χ4v) is 2.15. The molecule has 1 rings (SSSR count). The lowest BCUT2D eigenvalue weighted by atomic mass is 9.96. The largest absolute Gasteiger partial charge is 0.339 e. The highest BCUT2D eigenvalue weighted by molar-refractivity contribution is 5.79. The molecule has 0 aromatic carbocycles. The summed E-state index contributed by atoms with van der Waals surface area (Å²) in [7, 11) is 0. The third kappa shape index (κ3) is 2.28. The van der Waals surface area contributed by atoms with Crippen molar-refractivity contribution in [3.8, 4) is 0 Å². The number of hydrogen-bond donors (Lipinski definition) is 0. The van der Waals surface area contributed by atoms with Crippen molar-refractivity contribution in [2.75, 3.05) is 6.54 Å². The Bertz CT molecular complexity index is 212. The molecule has 0 saturated carbocycles. The highest BCUT2D eigenvalue weighted by atomic mass is 16.2. The maximum Gasteiger partial charge on any atom is 0.225 e. The SMILES string of the molecule is CC1C[C@@H](C)N(C(=O)C(C)C(C)C)C1. The Hall–Kier alpha value is -0.530. The molecule has 0 N–H and O–H groups in total. The normalized spacial score (nSPS) is 29.7. The van der Waals surface area contributed by atoms with E-state index in [9.17, 15) is 4.79 Å². The maximum absolute atomic E-state index is 12.1. The third-order valence-corrected chi connectivity index (χ3v) is 3.46. The quantitative estimate of drug-likeness (QED) is 0.666. The van der Waals surface area contributed by atoms with E-state index in [4.69, 9.17) is 0 Å². The van der Waals surface area contributed by atoms with Gasteiger partial charge in [-0.25, -0.2) is 0 Å². The minimum atomic E-state index is 0.169.